The van der Waals surface area contributed by atoms with Gasteiger partial charge in [-0.2, -0.15) is 5.26 Å². The van der Waals surface area contributed by atoms with Crippen molar-refractivity contribution < 1.29 is 5.11 Å². The number of hydrogen-bond donors (Lipinski definition) is 1. The van der Waals surface area contributed by atoms with Gasteiger partial charge in [0.05, 0.1) is 6.10 Å². The first-order valence-corrected chi connectivity index (χ1v) is 5.93. The molecule has 1 saturated carbocycles. The third kappa shape index (κ3) is 1.65. The summed E-state index contributed by atoms with van der Waals surface area (Å²) in [5.74, 6) is 1.54. The van der Waals surface area contributed by atoms with Gasteiger partial charge >= 0.3 is 0 Å². The van der Waals surface area contributed by atoms with Crippen molar-refractivity contribution >= 4 is 5.82 Å². The van der Waals surface area contributed by atoms with Crippen LogP contribution in [0.4, 0.5) is 5.82 Å². The number of aromatic nitrogens is 2. The zero-order chi connectivity index (χ0) is 11.8. The van der Waals surface area contributed by atoms with Crippen molar-refractivity contribution in [3.05, 3.63) is 18.1 Å². The molecule has 1 aliphatic heterocycles. The van der Waals surface area contributed by atoms with Gasteiger partial charge in [0.15, 0.2) is 11.5 Å². The molecule has 5 nitrogen and oxygen atoms in total. The minimum Gasteiger partial charge on any atom is -0.393 e. The van der Waals surface area contributed by atoms with Crippen LogP contribution in [0.3, 0.4) is 0 Å². The fraction of sp³-hybridized carbons (Fsp3) is 0.583. The van der Waals surface area contributed by atoms with E-state index in [4.69, 9.17) is 5.26 Å². The van der Waals surface area contributed by atoms with Crippen LogP contribution in [-0.2, 0) is 0 Å². The third-order valence-corrected chi connectivity index (χ3v) is 3.90. The molecule has 88 valence electrons. The Morgan fingerprint density at radius 2 is 2.12 bits per heavy atom. The molecule has 5 heteroatoms. The second kappa shape index (κ2) is 3.97. The molecular formula is C12H14N4O. The molecule has 0 radical (unpaired) electrons. The lowest BCUT2D eigenvalue weighted by Gasteiger charge is -2.19. The van der Waals surface area contributed by atoms with Crippen molar-refractivity contribution in [1.29, 1.82) is 5.26 Å². The molecule has 3 atom stereocenters. The topological polar surface area (TPSA) is 73.0 Å². The largest absolute Gasteiger partial charge is 0.393 e. The fourth-order valence-electron chi connectivity index (χ4n) is 3.05. The number of fused-ring (bicyclic) bond motifs is 1. The number of rotatable bonds is 1. The Hall–Kier alpha value is -1.67. The molecule has 2 heterocycles. The highest BCUT2D eigenvalue weighted by molar-refractivity contribution is 5.50. The standard InChI is InChI=1S/C12H14N4O/c13-5-10-12(15-4-3-14-10)16-6-8-1-2-11(17)9(8)7-16/h3-4,8-9,11,17H,1-2,6-7H2. The average molecular weight is 230 g/mol. The summed E-state index contributed by atoms with van der Waals surface area (Å²) in [5.41, 5.74) is 0.377. The van der Waals surface area contributed by atoms with Gasteiger partial charge in [-0.15, -0.1) is 0 Å². The number of hydrogen-bond acceptors (Lipinski definition) is 5. The maximum absolute atomic E-state index is 9.86. The van der Waals surface area contributed by atoms with E-state index in [9.17, 15) is 5.11 Å². The Morgan fingerprint density at radius 1 is 1.29 bits per heavy atom. The van der Waals surface area contributed by atoms with Crippen LogP contribution in [0, 0.1) is 23.2 Å². The summed E-state index contributed by atoms with van der Waals surface area (Å²) in [6, 6.07) is 2.07. The van der Waals surface area contributed by atoms with Crippen LogP contribution in [-0.4, -0.2) is 34.3 Å². The minimum absolute atomic E-state index is 0.188. The molecule has 3 rings (SSSR count). The van der Waals surface area contributed by atoms with Crippen molar-refractivity contribution in [3.63, 3.8) is 0 Å². The van der Waals surface area contributed by atoms with Crippen LogP contribution in [0.25, 0.3) is 0 Å². The Kier molecular flexibility index (Phi) is 2.45. The maximum Gasteiger partial charge on any atom is 0.183 e. The normalized spacial score (nSPS) is 31.3. The highest BCUT2D eigenvalue weighted by Crippen LogP contribution is 2.39. The highest BCUT2D eigenvalue weighted by Gasteiger charge is 2.42. The molecule has 1 aromatic rings. The van der Waals surface area contributed by atoms with Gasteiger partial charge in [0.1, 0.15) is 6.07 Å². The molecule has 0 aromatic carbocycles. The number of nitriles is 1. The molecule has 2 fully saturated rings. The Bertz CT molecular complexity index is 470. The van der Waals surface area contributed by atoms with Gasteiger partial charge in [0.25, 0.3) is 0 Å². The lowest BCUT2D eigenvalue weighted by atomic mass is 10.00. The lowest BCUT2D eigenvalue weighted by Crippen LogP contribution is -2.26. The van der Waals surface area contributed by atoms with Gasteiger partial charge in [-0.05, 0) is 18.8 Å². The first-order chi connectivity index (χ1) is 8.29. The van der Waals surface area contributed by atoms with Gasteiger partial charge in [-0.3, -0.25) is 0 Å². The van der Waals surface area contributed by atoms with Crippen LogP contribution < -0.4 is 4.90 Å². The molecule has 2 aliphatic rings. The highest BCUT2D eigenvalue weighted by atomic mass is 16.3. The Balaban J connectivity index is 1.86. The Morgan fingerprint density at radius 3 is 2.88 bits per heavy atom. The summed E-state index contributed by atoms with van der Waals surface area (Å²) in [6.07, 6.45) is 4.94. The predicted octanol–water partition coefficient (Wildman–Crippen LogP) is 0.555. The summed E-state index contributed by atoms with van der Waals surface area (Å²) < 4.78 is 0. The van der Waals surface area contributed by atoms with E-state index < -0.39 is 0 Å². The van der Waals surface area contributed by atoms with Crippen LogP contribution in [0.15, 0.2) is 12.4 Å². The summed E-state index contributed by atoms with van der Waals surface area (Å²) >= 11 is 0. The number of aliphatic hydroxyl groups is 1. The summed E-state index contributed by atoms with van der Waals surface area (Å²) in [4.78, 5) is 10.4. The summed E-state index contributed by atoms with van der Waals surface area (Å²) in [6.45, 7) is 1.67. The van der Waals surface area contributed by atoms with E-state index in [2.05, 4.69) is 20.9 Å². The first-order valence-electron chi connectivity index (χ1n) is 5.93. The number of anilines is 1. The molecule has 1 aliphatic carbocycles. The van der Waals surface area contributed by atoms with Crippen LogP contribution >= 0.6 is 0 Å². The molecule has 1 saturated heterocycles. The lowest BCUT2D eigenvalue weighted by molar-refractivity contribution is 0.133. The molecule has 1 N–H and O–H groups in total. The van der Waals surface area contributed by atoms with Crippen molar-refractivity contribution in [2.45, 2.75) is 18.9 Å². The molecule has 0 amide bonds. The smallest absolute Gasteiger partial charge is 0.183 e. The van der Waals surface area contributed by atoms with Gasteiger partial charge < -0.3 is 10.0 Å². The molecule has 0 bridgehead atoms. The van der Waals surface area contributed by atoms with Crippen molar-refractivity contribution in [2.75, 3.05) is 18.0 Å². The zero-order valence-electron chi connectivity index (χ0n) is 9.45. The summed E-state index contributed by atoms with van der Waals surface area (Å²) in [7, 11) is 0. The van der Waals surface area contributed by atoms with E-state index >= 15 is 0 Å². The molecule has 3 unspecified atom stereocenters. The van der Waals surface area contributed by atoms with E-state index in [-0.39, 0.29) is 6.10 Å². The number of nitrogens with zero attached hydrogens (tertiary/aromatic N) is 4. The van der Waals surface area contributed by atoms with Crippen LogP contribution in [0.5, 0.6) is 0 Å². The maximum atomic E-state index is 9.86. The average Bonchev–Trinajstić information content (AvgIpc) is 2.92. The minimum atomic E-state index is -0.188. The van der Waals surface area contributed by atoms with Crippen molar-refractivity contribution in [3.8, 4) is 6.07 Å². The second-order valence-corrected chi connectivity index (χ2v) is 4.81. The van der Waals surface area contributed by atoms with Crippen LogP contribution in [0.2, 0.25) is 0 Å². The monoisotopic (exact) mass is 230 g/mol. The zero-order valence-corrected chi connectivity index (χ0v) is 9.45. The van der Waals surface area contributed by atoms with E-state index in [0.29, 0.717) is 23.3 Å². The van der Waals surface area contributed by atoms with E-state index in [1.54, 1.807) is 6.20 Å². The van der Waals surface area contributed by atoms with Crippen molar-refractivity contribution in [1.82, 2.24) is 9.97 Å². The molecule has 0 spiro atoms. The SMILES string of the molecule is N#Cc1nccnc1N1CC2CCC(O)C2C1. The Labute approximate surface area is 99.7 Å². The fourth-order valence-corrected chi connectivity index (χ4v) is 3.05. The van der Waals surface area contributed by atoms with Crippen LogP contribution in [0.1, 0.15) is 18.5 Å². The van der Waals surface area contributed by atoms with Gasteiger partial charge in [0, 0.05) is 31.4 Å². The summed E-state index contributed by atoms with van der Waals surface area (Å²) in [5, 5.41) is 18.9. The van der Waals surface area contributed by atoms with E-state index in [1.807, 2.05) is 0 Å². The third-order valence-electron chi connectivity index (χ3n) is 3.90. The first kappa shape index (κ1) is 10.5. The van der Waals surface area contributed by atoms with Crippen molar-refractivity contribution in [2.24, 2.45) is 11.8 Å². The quantitative estimate of drug-likeness (QED) is 0.763. The molecule has 1 aromatic heterocycles. The number of aliphatic hydroxyl groups excluding tert-OH is 1. The second-order valence-electron chi connectivity index (χ2n) is 4.81. The van der Waals surface area contributed by atoms with E-state index in [1.165, 1.54) is 6.20 Å². The molecular weight excluding hydrogens is 216 g/mol. The molecule has 17 heavy (non-hydrogen) atoms. The van der Waals surface area contributed by atoms with E-state index in [0.717, 1.165) is 25.9 Å². The van der Waals surface area contributed by atoms with Gasteiger partial charge in [-0.1, -0.05) is 0 Å². The van der Waals surface area contributed by atoms with Gasteiger partial charge in [-0.25, -0.2) is 9.97 Å². The predicted molar refractivity (Wildman–Crippen MR) is 61.2 cm³/mol. The van der Waals surface area contributed by atoms with Gasteiger partial charge in [0.2, 0.25) is 0 Å².